The molecule has 0 radical (unpaired) electrons. The zero-order valence-corrected chi connectivity index (χ0v) is 8.97. The van der Waals surface area contributed by atoms with E-state index in [2.05, 4.69) is 5.43 Å². The molecule has 1 atom stereocenters. The van der Waals surface area contributed by atoms with Crippen molar-refractivity contribution >= 4 is 27.0 Å². The summed E-state index contributed by atoms with van der Waals surface area (Å²) in [7, 11) is -3.72. The molecule has 1 aromatic carbocycles. The highest BCUT2D eigenvalue weighted by atomic mass is 32.2. The van der Waals surface area contributed by atoms with Crippen LogP contribution in [0.4, 0.5) is 5.69 Å². The predicted octanol–water partition coefficient (Wildman–Crippen LogP) is -0.955. The van der Waals surface area contributed by atoms with E-state index in [0.717, 1.165) is 0 Å². The first-order valence-electron chi connectivity index (χ1n) is 3.63. The Kier molecular flexibility index (Phi) is 3.77. The Balaban J connectivity index is 2.77. The van der Waals surface area contributed by atoms with E-state index in [4.69, 9.17) is 5.14 Å². The zero-order valence-electron chi connectivity index (χ0n) is 7.34. The Hall–Kier alpha value is -1.00. The third-order valence-corrected chi connectivity index (χ3v) is 2.66. The second kappa shape index (κ2) is 4.68. The van der Waals surface area contributed by atoms with E-state index in [1.807, 2.05) is 4.83 Å². The summed E-state index contributed by atoms with van der Waals surface area (Å²) in [6.07, 6.45) is 0. The largest absolute Gasteiger partial charge is 0.759 e. The van der Waals surface area contributed by atoms with Gasteiger partial charge in [-0.1, -0.05) is 0 Å². The third kappa shape index (κ3) is 3.93. The van der Waals surface area contributed by atoms with Gasteiger partial charge in [0.2, 0.25) is 10.0 Å². The third-order valence-electron chi connectivity index (χ3n) is 1.46. The molecular weight excluding hydrogens is 242 g/mol. The molecule has 0 saturated heterocycles. The molecule has 4 N–H and O–H groups in total. The maximum absolute atomic E-state index is 10.9. The van der Waals surface area contributed by atoms with E-state index in [0.29, 0.717) is 5.69 Å². The Labute approximate surface area is 89.1 Å². The molecule has 7 nitrogen and oxygen atoms in total. The minimum atomic E-state index is -3.72. The van der Waals surface area contributed by atoms with Crippen molar-refractivity contribution in [2.75, 3.05) is 5.43 Å². The van der Waals surface area contributed by atoms with E-state index in [1.54, 1.807) is 0 Å². The Morgan fingerprint density at radius 1 is 1.27 bits per heavy atom. The first kappa shape index (κ1) is 12.1. The van der Waals surface area contributed by atoms with Crippen LogP contribution in [0.2, 0.25) is 0 Å². The van der Waals surface area contributed by atoms with Gasteiger partial charge in [0.1, 0.15) is 0 Å². The molecule has 0 aromatic heterocycles. The fourth-order valence-electron chi connectivity index (χ4n) is 0.829. The Bertz CT molecular complexity index is 456. The standard InChI is InChI=1S/C6H9N3O4S2/c7-15(12,13)6-3-1-5(2-4-6)8-9-14(10)11/h1-4,8-9H,(H,10,11)(H2,7,12,13)/p-1. The molecule has 0 aliphatic heterocycles. The van der Waals surface area contributed by atoms with Gasteiger partial charge in [0.25, 0.3) is 0 Å². The van der Waals surface area contributed by atoms with Crippen molar-refractivity contribution in [2.24, 2.45) is 5.14 Å². The second-order valence-corrected chi connectivity index (χ2v) is 4.77. The summed E-state index contributed by atoms with van der Waals surface area (Å²) in [5.41, 5.74) is 2.72. The van der Waals surface area contributed by atoms with Gasteiger partial charge in [0.05, 0.1) is 4.90 Å². The number of hydrazine groups is 1. The second-order valence-electron chi connectivity index (χ2n) is 2.53. The molecule has 0 saturated carbocycles. The summed E-state index contributed by atoms with van der Waals surface area (Å²) >= 11 is -2.44. The van der Waals surface area contributed by atoms with Gasteiger partial charge >= 0.3 is 0 Å². The topological polar surface area (TPSA) is 124 Å². The van der Waals surface area contributed by atoms with E-state index in [1.165, 1.54) is 24.3 Å². The molecule has 0 heterocycles. The maximum Gasteiger partial charge on any atom is 0.238 e. The summed E-state index contributed by atoms with van der Waals surface area (Å²) in [6.45, 7) is 0. The zero-order chi connectivity index (χ0) is 11.5. The molecule has 0 aliphatic rings. The van der Waals surface area contributed by atoms with E-state index in [9.17, 15) is 17.2 Å². The number of rotatable bonds is 4. The van der Waals surface area contributed by atoms with Crippen molar-refractivity contribution in [3.8, 4) is 0 Å². The summed E-state index contributed by atoms with van der Waals surface area (Å²) in [6, 6.07) is 5.26. The molecule has 1 unspecified atom stereocenters. The van der Waals surface area contributed by atoms with Crippen molar-refractivity contribution in [1.29, 1.82) is 0 Å². The summed E-state index contributed by atoms with van der Waals surface area (Å²) < 4.78 is 41.9. The first-order chi connectivity index (χ1) is 6.89. The minimum Gasteiger partial charge on any atom is -0.759 e. The smallest absolute Gasteiger partial charge is 0.238 e. The summed E-state index contributed by atoms with van der Waals surface area (Å²) in [4.78, 5) is 1.86. The van der Waals surface area contributed by atoms with E-state index < -0.39 is 21.3 Å². The van der Waals surface area contributed by atoms with Crippen molar-refractivity contribution < 1.29 is 17.2 Å². The number of hydrogen-bond acceptors (Lipinski definition) is 5. The number of benzene rings is 1. The highest BCUT2D eigenvalue weighted by molar-refractivity contribution is 7.89. The van der Waals surface area contributed by atoms with E-state index >= 15 is 0 Å². The normalized spacial score (nSPS) is 13.5. The van der Waals surface area contributed by atoms with Crippen LogP contribution in [0.5, 0.6) is 0 Å². The van der Waals surface area contributed by atoms with Crippen LogP contribution in [-0.2, 0) is 21.3 Å². The van der Waals surface area contributed by atoms with Crippen LogP contribution in [0.15, 0.2) is 29.2 Å². The number of nitrogens with two attached hydrogens (primary N) is 1. The van der Waals surface area contributed by atoms with Crippen LogP contribution in [-0.4, -0.2) is 17.2 Å². The summed E-state index contributed by atoms with van der Waals surface area (Å²) in [5, 5.41) is 4.87. The average Bonchev–Trinajstić information content (AvgIpc) is 2.14. The van der Waals surface area contributed by atoms with Gasteiger partial charge in [-0.15, -0.1) is 0 Å². The number of hydrogen-bond donors (Lipinski definition) is 3. The SMILES string of the molecule is NS(=O)(=O)c1ccc(NNS(=O)[O-])cc1. The van der Waals surface area contributed by atoms with E-state index in [-0.39, 0.29) is 4.90 Å². The number of sulfonamides is 1. The van der Waals surface area contributed by atoms with Crippen LogP contribution >= 0.6 is 0 Å². The van der Waals surface area contributed by atoms with Gasteiger partial charge in [0.15, 0.2) is 0 Å². The van der Waals surface area contributed by atoms with Gasteiger partial charge in [0, 0.05) is 17.0 Å². The fourth-order valence-corrected chi connectivity index (χ4v) is 1.55. The Morgan fingerprint density at radius 3 is 2.20 bits per heavy atom. The molecule has 0 aliphatic carbocycles. The molecule has 9 heteroatoms. The number of nitrogens with one attached hydrogen (secondary N) is 2. The van der Waals surface area contributed by atoms with Gasteiger partial charge in [-0.25, -0.2) is 13.6 Å². The lowest BCUT2D eigenvalue weighted by Gasteiger charge is -2.09. The highest BCUT2D eigenvalue weighted by Crippen LogP contribution is 2.11. The minimum absolute atomic E-state index is 0.0451. The molecule has 15 heavy (non-hydrogen) atoms. The Morgan fingerprint density at radius 2 is 1.80 bits per heavy atom. The number of anilines is 1. The highest BCUT2D eigenvalue weighted by Gasteiger charge is 2.05. The van der Waals surface area contributed by atoms with Crippen molar-refractivity contribution in [3.63, 3.8) is 0 Å². The lowest BCUT2D eigenvalue weighted by Crippen LogP contribution is -2.23. The maximum atomic E-state index is 10.9. The van der Waals surface area contributed by atoms with Crippen LogP contribution in [0, 0.1) is 0 Å². The molecule has 1 aromatic rings. The van der Waals surface area contributed by atoms with Crippen molar-refractivity contribution in [1.82, 2.24) is 4.83 Å². The molecule has 0 fully saturated rings. The quantitative estimate of drug-likeness (QED) is 0.469. The first-order valence-corrected chi connectivity index (χ1v) is 6.25. The number of primary sulfonamides is 1. The fraction of sp³-hybridized carbons (Fsp3) is 0. The van der Waals surface area contributed by atoms with Crippen LogP contribution < -0.4 is 15.4 Å². The molecular formula is C6H8N3O4S2-. The van der Waals surface area contributed by atoms with Crippen molar-refractivity contribution in [2.45, 2.75) is 4.90 Å². The van der Waals surface area contributed by atoms with Gasteiger partial charge in [-0.2, -0.15) is 4.83 Å². The van der Waals surface area contributed by atoms with Crippen LogP contribution in [0.3, 0.4) is 0 Å². The molecule has 1 rings (SSSR count). The van der Waals surface area contributed by atoms with Crippen molar-refractivity contribution in [3.05, 3.63) is 24.3 Å². The molecule has 0 bridgehead atoms. The predicted molar refractivity (Wildman–Crippen MR) is 53.5 cm³/mol. The lowest BCUT2D eigenvalue weighted by molar-refractivity contribution is 0.528. The van der Waals surface area contributed by atoms with Gasteiger partial charge in [-0.3, -0.25) is 4.21 Å². The molecule has 84 valence electrons. The summed E-state index contributed by atoms with van der Waals surface area (Å²) in [5.74, 6) is 0. The van der Waals surface area contributed by atoms with Crippen LogP contribution in [0.1, 0.15) is 0 Å². The monoisotopic (exact) mass is 250 g/mol. The van der Waals surface area contributed by atoms with Gasteiger partial charge < -0.3 is 9.98 Å². The molecule has 0 amide bonds. The van der Waals surface area contributed by atoms with Crippen LogP contribution in [0.25, 0.3) is 0 Å². The average molecular weight is 250 g/mol. The van der Waals surface area contributed by atoms with Gasteiger partial charge in [-0.05, 0) is 24.3 Å². The lowest BCUT2D eigenvalue weighted by atomic mass is 10.3. The molecule has 0 spiro atoms.